The molecule has 4 heteroatoms. The highest BCUT2D eigenvalue weighted by molar-refractivity contribution is 9.10. The summed E-state index contributed by atoms with van der Waals surface area (Å²) in [5.41, 5.74) is 1.13. The predicted octanol–water partition coefficient (Wildman–Crippen LogP) is 3.60. The number of benzene rings is 1. The summed E-state index contributed by atoms with van der Waals surface area (Å²) in [6.07, 6.45) is 3.73. The van der Waals surface area contributed by atoms with Crippen molar-refractivity contribution in [2.24, 2.45) is 5.92 Å². The first kappa shape index (κ1) is 11.6. The van der Waals surface area contributed by atoms with Crippen LogP contribution in [0, 0.1) is 5.92 Å². The number of rotatable bonds is 3. The van der Waals surface area contributed by atoms with Crippen LogP contribution in [0.3, 0.4) is 0 Å². The number of fused-ring (bicyclic) bond motifs is 1. The molecule has 2 aromatic rings. The summed E-state index contributed by atoms with van der Waals surface area (Å²) in [7, 11) is 0. The Bertz CT molecular complexity index is 517. The molecule has 0 radical (unpaired) electrons. The highest BCUT2D eigenvalue weighted by atomic mass is 79.9. The lowest BCUT2D eigenvalue weighted by molar-refractivity contribution is 0.532. The molecule has 0 aliphatic carbocycles. The van der Waals surface area contributed by atoms with Crippen LogP contribution >= 0.6 is 27.3 Å². The smallest absolute Gasteiger partial charge is 0.0938 e. The van der Waals surface area contributed by atoms with Crippen molar-refractivity contribution in [2.45, 2.75) is 19.3 Å². The van der Waals surface area contributed by atoms with E-state index in [1.54, 1.807) is 0 Å². The molecule has 0 spiro atoms. The third kappa shape index (κ3) is 2.69. The van der Waals surface area contributed by atoms with Gasteiger partial charge in [-0.25, -0.2) is 4.98 Å². The van der Waals surface area contributed by atoms with Gasteiger partial charge in [-0.05, 0) is 56.5 Å². The molecule has 1 saturated heterocycles. The Balaban J connectivity index is 1.72. The second-order valence-electron chi connectivity index (χ2n) is 4.62. The van der Waals surface area contributed by atoms with Crippen LogP contribution in [0.2, 0.25) is 0 Å². The van der Waals surface area contributed by atoms with Crippen LogP contribution in [0.1, 0.15) is 17.8 Å². The zero-order valence-electron chi connectivity index (χ0n) is 9.58. The molecule has 17 heavy (non-hydrogen) atoms. The lowest BCUT2D eigenvalue weighted by Crippen LogP contribution is -2.09. The maximum absolute atomic E-state index is 4.70. The molecular formula is C13H15BrN2S. The molecule has 2 nitrogen and oxygen atoms in total. The quantitative estimate of drug-likeness (QED) is 0.937. The minimum atomic E-state index is 0.855. The fourth-order valence-electron chi connectivity index (χ4n) is 2.34. The Morgan fingerprint density at radius 1 is 1.47 bits per heavy atom. The van der Waals surface area contributed by atoms with E-state index in [9.17, 15) is 0 Å². The van der Waals surface area contributed by atoms with E-state index in [1.807, 2.05) is 11.3 Å². The van der Waals surface area contributed by atoms with Crippen LogP contribution in [0.4, 0.5) is 0 Å². The number of halogens is 1. The summed E-state index contributed by atoms with van der Waals surface area (Å²) >= 11 is 5.33. The Hall–Kier alpha value is -0.450. The van der Waals surface area contributed by atoms with Gasteiger partial charge in [-0.15, -0.1) is 11.3 Å². The molecule has 1 N–H and O–H groups in total. The maximum atomic E-state index is 4.70. The van der Waals surface area contributed by atoms with E-state index < -0.39 is 0 Å². The van der Waals surface area contributed by atoms with Crippen molar-refractivity contribution >= 4 is 37.5 Å². The monoisotopic (exact) mass is 310 g/mol. The molecule has 1 fully saturated rings. The van der Waals surface area contributed by atoms with Crippen molar-refractivity contribution in [2.75, 3.05) is 13.1 Å². The SMILES string of the molecule is Brc1ccc2sc(CCC3CCNC3)nc2c1. The average molecular weight is 311 g/mol. The van der Waals surface area contributed by atoms with Gasteiger partial charge in [0.25, 0.3) is 0 Å². The van der Waals surface area contributed by atoms with Crippen LogP contribution in [0.25, 0.3) is 10.2 Å². The zero-order valence-corrected chi connectivity index (χ0v) is 12.0. The molecular weight excluding hydrogens is 296 g/mol. The highest BCUT2D eigenvalue weighted by Gasteiger charge is 2.15. The molecule has 1 unspecified atom stereocenters. The van der Waals surface area contributed by atoms with Gasteiger partial charge in [0.1, 0.15) is 0 Å². The third-order valence-electron chi connectivity index (χ3n) is 3.32. The molecule has 2 heterocycles. The lowest BCUT2D eigenvalue weighted by atomic mass is 10.0. The normalized spacial score (nSPS) is 20.2. The van der Waals surface area contributed by atoms with Crippen molar-refractivity contribution in [1.29, 1.82) is 0 Å². The first-order valence-electron chi connectivity index (χ1n) is 6.07. The summed E-state index contributed by atoms with van der Waals surface area (Å²) in [6.45, 7) is 2.38. The van der Waals surface area contributed by atoms with Crippen molar-refractivity contribution in [1.82, 2.24) is 10.3 Å². The van der Waals surface area contributed by atoms with Gasteiger partial charge in [0.05, 0.1) is 15.2 Å². The molecule has 3 rings (SSSR count). The number of aromatic nitrogens is 1. The highest BCUT2D eigenvalue weighted by Crippen LogP contribution is 2.27. The summed E-state index contributed by atoms with van der Waals surface area (Å²) in [5.74, 6) is 0.855. The van der Waals surface area contributed by atoms with Gasteiger partial charge in [-0.3, -0.25) is 0 Å². The van der Waals surface area contributed by atoms with Crippen molar-refractivity contribution < 1.29 is 0 Å². The maximum Gasteiger partial charge on any atom is 0.0938 e. The minimum absolute atomic E-state index is 0.855. The molecule has 1 atom stereocenters. The van der Waals surface area contributed by atoms with E-state index >= 15 is 0 Å². The Morgan fingerprint density at radius 3 is 3.24 bits per heavy atom. The zero-order chi connectivity index (χ0) is 11.7. The second kappa shape index (κ2) is 5.04. The number of nitrogens with one attached hydrogen (secondary N) is 1. The van der Waals surface area contributed by atoms with E-state index in [-0.39, 0.29) is 0 Å². The summed E-state index contributed by atoms with van der Waals surface area (Å²) < 4.78 is 2.41. The van der Waals surface area contributed by atoms with E-state index in [1.165, 1.54) is 35.6 Å². The fraction of sp³-hybridized carbons (Fsp3) is 0.462. The van der Waals surface area contributed by atoms with Crippen molar-refractivity contribution in [3.63, 3.8) is 0 Å². The van der Waals surface area contributed by atoms with Gasteiger partial charge in [-0.1, -0.05) is 15.9 Å². The summed E-state index contributed by atoms with van der Waals surface area (Å²) in [5, 5.41) is 4.70. The first-order chi connectivity index (χ1) is 8.31. The van der Waals surface area contributed by atoms with Gasteiger partial charge in [0.15, 0.2) is 0 Å². The second-order valence-corrected chi connectivity index (χ2v) is 6.65. The topological polar surface area (TPSA) is 24.9 Å². The van der Waals surface area contributed by atoms with Gasteiger partial charge in [0, 0.05) is 4.47 Å². The molecule has 0 amide bonds. The van der Waals surface area contributed by atoms with Gasteiger partial charge >= 0.3 is 0 Å². The third-order valence-corrected chi connectivity index (χ3v) is 4.91. The van der Waals surface area contributed by atoms with E-state index in [2.05, 4.69) is 39.4 Å². The van der Waals surface area contributed by atoms with Crippen LogP contribution in [-0.2, 0) is 6.42 Å². The van der Waals surface area contributed by atoms with Gasteiger partial charge in [0.2, 0.25) is 0 Å². The molecule has 0 saturated carbocycles. The van der Waals surface area contributed by atoms with Gasteiger partial charge < -0.3 is 5.32 Å². The van der Waals surface area contributed by atoms with Crippen LogP contribution < -0.4 is 5.32 Å². The summed E-state index contributed by atoms with van der Waals surface area (Å²) in [6, 6.07) is 6.34. The Labute approximate surface area is 114 Å². The number of thiazole rings is 1. The minimum Gasteiger partial charge on any atom is -0.316 e. The Kier molecular flexibility index (Phi) is 3.45. The number of nitrogens with zero attached hydrogens (tertiary/aromatic N) is 1. The van der Waals surface area contributed by atoms with Crippen molar-refractivity contribution in [3.05, 3.63) is 27.7 Å². The number of hydrogen-bond acceptors (Lipinski definition) is 3. The standard InChI is InChI=1S/C13H15BrN2S/c14-10-2-3-12-11(7-10)16-13(17-12)4-1-9-5-6-15-8-9/h2-3,7,9,15H,1,4-6,8H2. The van der Waals surface area contributed by atoms with Crippen LogP contribution in [-0.4, -0.2) is 18.1 Å². The average Bonchev–Trinajstić information content (AvgIpc) is 2.94. The van der Waals surface area contributed by atoms with E-state index in [4.69, 9.17) is 4.98 Å². The van der Waals surface area contributed by atoms with Crippen LogP contribution in [0.5, 0.6) is 0 Å². The number of hydrogen-bond donors (Lipinski definition) is 1. The molecule has 1 aromatic heterocycles. The largest absolute Gasteiger partial charge is 0.316 e. The van der Waals surface area contributed by atoms with Crippen molar-refractivity contribution in [3.8, 4) is 0 Å². The fourth-order valence-corrected chi connectivity index (χ4v) is 3.66. The molecule has 1 aliphatic heterocycles. The predicted molar refractivity (Wildman–Crippen MR) is 76.6 cm³/mol. The summed E-state index contributed by atoms with van der Waals surface area (Å²) in [4.78, 5) is 4.70. The van der Waals surface area contributed by atoms with Gasteiger partial charge in [-0.2, -0.15) is 0 Å². The van der Waals surface area contributed by atoms with E-state index in [0.717, 1.165) is 22.3 Å². The molecule has 90 valence electrons. The number of aryl methyl sites for hydroxylation is 1. The molecule has 1 aliphatic rings. The van der Waals surface area contributed by atoms with Crippen LogP contribution in [0.15, 0.2) is 22.7 Å². The Morgan fingerprint density at radius 2 is 2.41 bits per heavy atom. The van der Waals surface area contributed by atoms with E-state index in [0.29, 0.717) is 0 Å². The first-order valence-corrected chi connectivity index (χ1v) is 7.68. The molecule has 1 aromatic carbocycles. The lowest BCUT2D eigenvalue weighted by Gasteiger charge is -2.04. The molecule has 0 bridgehead atoms.